The summed E-state index contributed by atoms with van der Waals surface area (Å²) in [6, 6.07) is 23.1. The first-order valence-electron chi connectivity index (χ1n) is 8.13. The number of carbonyl (C=O) groups excluding carboxylic acids is 1. The third-order valence-electron chi connectivity index (χ3n) is 4.02. The van der Waals surface area contributed by atoms with Crippen LogP contribution in [0.1, 0.15) is 40.1 Å². The Hall–Kier alpha value is -2.94. The number of nitrogens with one attached hydrogen (secondary N) is 1. The maximum Gasteiger partial charge on any atom is 0.252 e. The van der Waals surface area contributed by atoms with Gasteiger partial charge in [-0.1, -0.05) is 55.5 Å². The first kappa shape index (κ1) is 15.9. The van der Waals surface area contributed by atoms with Gasteiger partial charge in [0.15, 0.2) is 0 Å². The molecule has 3 aromatic rings. The van der Waals surface area contributed by atoms with E-state index < -0.39 is 0 Å². The molecule has 2 aromatic carbocycles. The fourth-order valence-electron chi connectivity index (χ4n) is 2.63. The lowest BCUT2D eigenvalue weighted by Crippen LogP contribution is -2.29. The molecule has 1 N–H and O–H groups in total. The molecule has 0 spiro atoms. The summed E-state index contributed by atoms with van der Waals surface area (Å²) in [7, 11) is 0. The molecule has 0 aliphatic carbocycles. The Morgan fingerprint density at radius 2 is 1.67 bits per heavy atom. The van der Waals surface area contributed by atoms with E-state index in [2.05, 4.69) is 17.2 Å². The lowest BCUT2D eigenvalue weighted by molar-refractivity contribution is 0.0942. The molecule has 1 heterocycles. The van der Waals surface area contributed by atoms with Crippen molar-refractivity contribution >= 4 is 5.91 Å². The van der Waals surface area contributed by atoms with Crippen LogP contribution in [-0.4, -0.2) is 10.9 Å². The highest BCUT2D eigenvalue weighted by molar-refractivity contribution is 5.94. The summed E-state index contributed by atoms with van der Waals surface area (Å²) in [4.78, 5) is 17.1. The second-order valence-electron chi connectivity index (χ2n) is 5.62. The molecule has 3 rings (SSSR count). The third kappa shape index (κ3) is 3.69. The number of hydrogen-bond donors (Lipinski definition) is 1. The summed E-state index contributed by atoms with van der Waals surface area (Å²) in [5.41, 5.74) is 3.71. The van der Waals surface area contributed by atoms with Crippen molar-refractivity contribution in [2.45, 2.75) is 19.4 Å². The van der Waals surface area contributed by atoms with E-state index in [-0.39, 0.29) is 11.9 Å². The monoisotopic (exact) mass is 316 g/mol. The van der Waals surface area contributed by atoms with Crippen LogP contribution in [0, 0.1) is 0 Å². The van der Waals surface area contributed by atoms with Crippen molar-refractivity contribution in [3.63, 3.8) is 0 Å². The number of aryl methyl sites for hydroxylation is 1. The minimum atomic E-state index is -0.272. The van der Waals surface area contributed by atoms with Gasteiger partial charge >= 0.3 is 0 Å². The number of pyridine rings is 1. The molecule has 0 saturated carbocycles. The van der Waals surface area contributed by atoms with E-state index >= 15 is 0 Å². The fourth-order valence-corrected chi connectivity index (χ4v) is 2.63. The molecule has 0 fully saturated rings. The van der Waals surface area contributed by atoms with Gasteiger partial charge < -0.3 is 5.32 Å². The minimum absolute atomic E-state index is 0.0999. The summed E-state index contributed by atoms with van der Waals surface area (Å²) < 4.78 is 0. The summed E-state index contributed by atoms with van der Waals surface area (Å²) in [6.45, 7) is 2.10. The zero-order valence-electron chi connectivity index (χ0n) is 13.6. The molecule has 1 amide bonds. The molecular formula is C21H20N2O. The highest BCUT2D eigenvalue weighted by Gasteiger charge is 2.18. The highest BCUT2D eigenvalue weighted by Crippen LogP contribution is 2.20. The number of carbonyl (C=O) groups is 1. The normalized spacial score (nSPS) is 11.7. The predicted molar refractivity (Wildman–Crippen MR) is 95.8 cm³/mol. The van der Waals surface area contributed by atoms with Crippen molar-refractivity contribution in [1.82, 2.24) is 10.3 Å². The Morgan fingerprint density at radius 3 is 2.29 bits per heavy atom. The molecule has 1 aromatic heterocycles. The van der Waals surface area contributed by atoms with Gasteiger partial charge in [0.2, 0.25) is 0 Å². The van der Waals surface area contributed by atoms with Crippen LogP contribution in [0.5, 0.6) is 0 Å². The Morgan fingerprint density at radius 1 is 0.958 bits per heavy atom. The number of aromatic nitrogens is 1. The summed E-state index contributed by atoms with van der Waals surface area (Å²) in [5.74, 6) is -0.0999. The molecule has 0 aliphatic rings. The molecule has 120 valence electrons. The van der Waals surface area contributed by atoms with E-state index in [0.29, 0.717) is 5.56 Å². The van der Waals surface area contributed by atoms with Gasteiger partial charge in [-0.3, -0.25) is 9.78 Å². The lowest BCUT2D eigenvalue weighted by Gasteiger charge is -2.19. The van der Waals surface area contributed by atoms with E-state index in [4.69, 9.17) is 0 Å². The van der Waals surface area contributed by atoms with Crippen LogP contribution in [0.4, 0.5) is 0 Å². The standard InChI is InChI=1S/C21H20N2O/c1-2-16-11-13-18(14-12-16)21(24)23-20(17-8-4-3-5-9-17)19-10-6-7-15-22-19/h3-15,20H,2H2,1H3,(H,23,24)/t20-/m1/s1. The zero-order chi connectivity index (χ0) is 16.8. The van der Waals surface area contributed by atoms with Crippen LogP contribution >= 0.6 is 0 Å². The number of hydrogen-bond acceptors (Lipinski definition) is 2. The summed E-state index contributed by atoms with van der Waals surface area (Å²) in [6.07, 6.45) is 2.70. The summed E-state index contributed by atoms with van der Waals surface area (Å²) >= 11 is 0. The third-order valence-corrected chi connectivity index (χ3v) is 4.02. The second kappa shape index (κ2) is 7.55. The maximum atomic E-state index is 12.7. The molecule has 1 atom stereocenters. The molecule has 0 bridgehead atoms. The van der Waals surface area contributed by atoms with Crippen molar-refractivity contribution in [3.8, 4) is 0 Å². The van der Waals surface area contributed by atoms with Crippen molar-refractivity contribution in [2.24, 2.45) is 0 Å². The topological polar surface area (TPSA) is 42.0 Å². The van der Waals surface area contributed by atoms with Gasteiger partial charge in [-0.15, -0.1) is 0 Å². The van der Waals surface area contributed by atoms with Gasteiger partial charge in [-0.05, 0) is 41.8 Å². The smallest absolute Gasteiger partial charge is 0.252 e. The molecule has 0 radical (unpaired) electrons. The Balaban J connectivity index is 1.87. The van der Waals surface area contributed by atoms with Gasteiger partial charge in [0, 0.05) is 11.8 Å². The molecule has 3 nitrogen and oxygen atoms in total. The highest BCUT2D eigenvalue weighted by atomic mass is 16.1. The minimum Gasteiger partial charge on any atom is -0.340 e. The molecular weight excluding hydrogens is 296 g/mol. The van der Waals surface area contributed by atoms with Crippen LogP contribution < -0.4 is 5.32 Å². The van der Waals surface area contributed by atoms with Crippen LogP contribution in [0.3, 0.4) is 0 Å². The van der Waals surface area contributed by atoms with E-state index in [1.165, 1.54) is 5.56 Å². The number of nitrogens with zero attached hydrogens (tertiary/aromatic N) is 1. The molecule has 0 aliphatic heterocycles. The van der Waals surface area contributed by atoms with Gasteiger partial charge in [-0.2, -0.15) is 0 Å². The number of benzene rings is 2. The average Bonchev–Trinajstić information content (AvgIpc) is 2.67. The summed E-state index contributed by atoms with van der Waals surface area (Å²) in [5, 5.41) is 3.10. The van der Waals surface area contributed by atoms with Gasteiger partial charge in [0.25, 0.3) is 5.91 Å². The Bertz CT molecular complexity index is 744. The van der Waals surface area contributed by atoms with Gasteiger partial charge in [0.1, 0.15) is 0 Å². The fraction of sp³-hybridized carbons (Fsp3) is 0.143. The molecule has 24 heavy (non-hydrogen) atoms. The van der Waals surface area contributed by atoms with E-state index in [1.807, 2.05) is 72.8 Å². The van der Waals surface area contributed by atoms with E-state index in [0.717, 1.165) is 17.7 Å². The van der Waals surface area contributed by atoms with E-state index in [9.17, 15) is 4.79 Å². The Kier molecular flexibility index (Phi) is 5.02. The van der Waals surface area contributed by atoms with Crippen molar-refractivity contribution in [2.75, 3.05) is 0 Å². The van der Waals surface area contributed by atoms with E-state index in [1.54, 1.807) is 6.20 Å². The lowest BCUT2D eigenvalue weighted by atomic mass is 10.0. The second-order valence-corrected chi connectivity index (χ2v) is 5.62. The van der Waals surface area contributed by atoms with Crippen molar-refractivity contribution in [1.29, 1.82) is 0 Å². The first-order chi connectivity index (χ1) is 11.8. The maximum absolute atomic E-state index is 12.7. The predicted octanol–water partition coefficient (Wildman–Crippen LogP) is 4.16. The first-order valence-corrected chi connectivity index (χ1v) is 8.13. The number of amides is 1. The molecule has 0 unspecified atom stereocenters. The van der Waals surface area contributed by atoms with Crippen LogP contribution in [0.2, 0.25) is 0 Å². The SMILES string of the molecule is CCc1ccc(C(=O)N[C@H](c2ccccc2)c2ccccn2)cc1. The molecule has 3 heteroatoms. The van der Waals surface area contributed by atoms with Crippen LogP contribution in [0.25, 0.3) is 0 Å². The van der Waals surface area contributed by atoms with Crippen molar-refractivity contribution < 1.29 is 4.79 Å². The van der Waals surface area contributed by atoms with Gasteiger partial charge in [0.05, 0.1) is 11.7 Å². The van der Waals surface area contributed by atoms with Gasteiger partial charge in [-0.25, -0.2) is 0 Å². The van der Waals surface area contributed by atoms with Crippen molar-refractivity contribution in [3.05, 3.63) is 101 Å². The zero-order valence-corrected chi connectivity index (χ0v) is 13.6. The number of rotatable bonds is 5. The van der Waals surface area contributed by atoms with Crippen LogP contribution in [-0.2, 0) is 6.42 Å². The Labute approximate surface area is 142 Å². The quantitative estimate of drug-likeness (QED) is 0.768. The van der Waals surface area contributed by atoms with Crippen LogP contribution in [0.15, 0.2) is 79.0 Å². The molecule has 0 saturated heterocycles. The average molecular weight is 316 g/mol. The largest absolute Gasteiger partial charge is 0.340 e.